The van der Waals surface area contributed by atoms with Gasteiger partial charge in [-0.25, -0.2) is 14.0 Å². The number of carbonyl (C=O) groups excluding carboxylic acids is 2. The Morgan fingerprint density at radius 2 is 1.70 bits per heavy atom. The molecule has 0 aromatic heterocycles. The van der Waals surface area contributed by atoms with E-state index in [0.29, 0.717) is 6.61 Å². The van der Waals surface area contributed by atoms with Crippen LogP contribution < -0.4 is 4.74 Å². The standard InChI is InChI=1S/C17H15FO5/c1-21-9-10-22-16(19)13-3-2-4-15(11-13)23-17(20)12-5-7-14(18)8-6-12/h2-8,11H,9-10H2,1H3. The zero-order valence-corrected chi connectivity index (χ0v) is 12.5. The summed E-state index contributed by atoms with van der Waals surface area (Å²) in [6, 6.07) is 11.0. The summed E-state index contributed by atoms with van der Waals surface area (Å²) in [6.07, 6.45) is 0. The zero-order chi connectivity index (χ0) is 16.7. The first-order chi connectivity index (χ1) is 11.1. The van der Waals surface area contributed by atoms with Crippen molar-refractivity contribution in [1.29, 1.82) is 0 Å². The Labute approximate surface area is 132 Å². The van der Waals surface area contributed by atoms with Crippen molar-refractivity contribution in [3.63, 3.8) is 0 Å². The second-order valence-electron chi connectivity index (χ2n) is 4.55. The van der Waals surface area contributed by atoms with Gasteiger partial charge in [0.2, 0.25) is 0 Å². The molecule has 2 rings (SSSR count). The van der Waals surface area contributed by atoms with E-state index in [1.807, 2.05) is 0 Å². The van der Waals surface area contributed by atoms with Crippen molar-refractivity contribution in [2.75, 3.05) is 20.3 Å². The van der Waals surface area contributed by atoms with Crippen LogP contribution in [0.25, 0.3) is 0 Å². The molecule has 2 aromatic rings. The number of hydrogen-bond donors (Lipinski definition) is 0. The monoisotopic (exact) mass is 318 g/mol. The van der Waals surface area contributed by atoms with Gasteiger partial charge in [0.25, 0.3) is 0 Å². The molecular weight excluding hydrogens is 303 g/mol. The summed E-state index contributed by atoms with van der Waals surface area (Å²) in [5.41, 5.74) is 0.463. The summed E-state index contributed by atoms with van der Waals surface area (Å²) in [4.78, 5) is 23.7. The first-order valence-electron chi connectivity index (χ1n) is 6.84. The maximum absolute atomic E-state index is 12.8. The SMILES string of the molecule is COCCOC(=O)c1cccc(OC(=O)c2ccc(F)cc2)c1. The molecule has 0 unspecified atom stereocenters. The minimum Gasteiger partial charge on any atom is -0.460 e. The van der Waals surface area contributed by atoms with Crippen molar-refractivity contribution in [3.8, 4) is 5.75 Å². The summed E-state index contributed by atoms with van der Waals surface area (Å²) in [5.74, 6) is -1.43. The third-order valence-corrected chi connectivity index (χ3v) is 2.88. The molecule has 0 radical (unpaired) electrons. The summed E-state index contributed by atoms with van der Waals surface area (Å²) in [6.45, 7) is 0.430. The highest BCUT2D eigenvalue weighted by molar-refractivity contribution is 5.92. The molecule has 23 heavy (non-hydrogen) atoms. The van der Waals surface area contributed by atoms with Gasteiger partial charge in [0, 0.05) is 7.11 Å². The van der Waals surface area contributed by atoms with Gasteiger partial charge < -0.3 is 14.2 Å². The Kier molecular flexibility index (Phi) is 5.82. The Morgan fingerprint density at radius 1 is 0.957 bits per heavy atom. The van der Waals surface area contributed by atoms with E-state index in [0.717, 1.165) is 0 Å². The van der Waals surface area contributed by atoms with Crippen LogP contribution in [-0.2, 0) is 9.47 Å². The van der Waals surface area contributed by atoms with E-state index in [4.69, 9.17) is 14.2 Å². The lowest BCUT2D eigenvalue weighted by Crippen LogP contribution is -2.11. The molecule has 0 spiro atoms. The Balaban J connectivity index is 2.03. The average molecular weight is 318 g/mol. The normalized spacial score (nSPS) is 10.2. The molecule has 0 amide bonds. The summed E-state index contributed by atoms with van der Waals surface area (Å²) >= 11 is 0. The Hall–Kier alpha value is -2.73. The molecule has 0 aliphatic rings. The van der Waals surface area contributed by atoms with Crippen LogP contribution in [0.1, 0.15) is 20.7 Å². The maximum Gasteiger partial charge on any atom is 0.343 e. The molecule has 0 aliphatic carbocycles. The maximum atomic E-state index is 12.8. The fourth-order valence-corrected chi connectivity index (χ4v) is 1.74. The number of ether oxygens (including phenoxy) is 3. The van der Waals surface area contributed by atoms with Gasteiger partial charge in [0.05, 0.1) is 17.7 Å². The van der Waals surface area contributed by atoms with Gasteiger partial charge in [-0.15, -0.1) is 0 Å². The average Bonchev–Trinajstić information content (AvgIpc) is 2.56. The third-order valence-electron chi connectivity index (χ3n) is 2.88. The third kappa shape index (κ3) is 4.89. The summed E-state index contributed by atoms with van der Waals surface area (Å²) in [7, 11) is 1.50. The number of methoxy groups -OCH3 is 1. The van der Waals surface area contributed by atoms with Gasteiger partial charge in [-0.2, -0.15) is 0 Å². The van der Waals surface area contributed by atoms with Gasteiger partial charge in [-0.1, -0.05) is 6.07 Å². The minimum atomic E-state index is -0.644. The van der Waals surface area contributed by atoms with Crippen molar-refractivity contribution in [1.82, 2.24) is 0 Å². The molecule has 0 atom stereocenters. The Bertz CT molecular complexity index is 682. The molecule has 2 aromatic carbocycles. The van der Waals surface area contributed by atoms with Crippen molar-refractivity contribution in [3.05, 3.63) is 65.5 Å². The van der Waals surface area contributed by atoms with Gasteiger partial charge >= 0.3 is 11.9 Å². The molecule has 0 saturated carbocycles. The minimum absolute atomic E-state index is 0.134. The molecule has 0 aliphatic heterocycles. The first-order valence-corrected chi connectivity index (χ1v) is 6.84. The number of benzene rings is 2. The molecule has 6 heteroatoms. The van der Waals surface area contributed by atoms with Crippen LogP contribution in [0.4, 0.5) is 4.39 Å². The van der Waals surface area contributed by atoms with Gasteiger partial charge in [-0.3, -0.25) is 0 Å². The number of rotatable bonds is 6. The number of esters is 2. The van der Waals surface area contributed by atoms with Crippen LogP contribution in [0, 0.1) is 5.82 Å². The van der Waals surface area contributed by atoms with Crippen molar-refractivity contribution < 1.29 is 28.2 Å². The van der Waals surface area contributed by atoms with Crippen molar-refractivity contribution in [2.45, 2.75) is 0 Å². The zero-order valence-electron chi connectivity index (χ0n) is 12.5. The van der Waals surface area contributed by atoms with Crippen molar-refractivity contribution >= 4 is 11.9 Å². The topological polar surface area (TPSA) is 61.8 Å². The first kappa shape index (κ1) is 16.6. The molecular formula is C17H15FO5. The van der Waals surface area contributed by atoms with Gasteiger partial charge in [0.1, 0.15) is 18.2 Å². The highest BCUT2D eigenvalue weighted by Crippen LogP contribution is 2.16. The molecule has 0 bridgehead atoms. The predicted octanol–water partition coefficient (Wildman–Crippen LogP) is 2.85. The van der Waals surface area contributed by atoms with Crippen molar-refractivity contribution in [2.24, 2.45) is 0 Å². The second kappa shape index (κ2) is 8.05. The van der Waals surface area contributed by atoms with Crippen LogP contribution in [0.3, 0.4) is 0 Å². The highest BCUT2D eigenvalue weighted by atomic mass is 19.1. The Morgan fingerprint density at radius 3 is 2.39 bits per heavy atom. The fraction of sp³-hybridized carbons (Fsp3) is 0.176. The second-order valence-corrected chi connectivity index (χ2v) is 4.55. The molecule has 0 saturated heterocycles. The lowest BCUT2D eigenvalue weighted by molar-refractivity contribution is 0.0387. The smallest absolute Gasteiger partial charge is 0.343 e. The van der Waals surface area contributed by atoms with Crippen LogP contribution in [0.15, 0.2) is 48.5 Å². The fourth-order valence-electron chi connectivity index (χ4n) is 1.74. The predicted molar refractivity (Wildman–Crippen MR) is 80.0 cm³/mol. The van der Waals surface area contributed by atoms with Crippen LogP contribution in [0.2, 0.25) is 0 Å². The lowest BCUT2D eigenvalue weighted by atomic mass is 10.2. The molecule has 5 nitrogen and oxygen atoms in total. The summed E-state index contributed by atoms with van der Waals surface area (Å²) < 4.78 is 27.8. The van der Waals surface area contributed by atoms with E-state index in [2.05, 4.69) is 0 Å². The number of hydrogen-bond acceptors (Lipinski definition) is 5. The van der Waals surface area contributed by atoms with E-state index >= 15 is 0 Å². The largest absolute Gasteiger partial charge is 0.460 e. The highest BCUT2D eigenvalue weighted by Gasteiger charge is 2.12. The van der Waals surface area contributed by atoms with E-state index in [1.165, 1.54) is 43.5 Å². The van der Waals surface area contributed by atoms with Crippen LogP contribution >= 0.6 is 0 Å². The number of halogens is 1. The van der Waals surface area contributed by atoms with E-state index in [-0.39, 0.29) is 23.5 Å². The molecule has 120 valence electrons. The van der Waals surface area contributed by atoms with Crippen LogP contribution in [0.5, 0.6) is 5.75 Å². The molecule has 0 N–H and O–H groups in total. The quantitative estimate of drug-likeness (QED) is 0.465. The number of carbonyl (C=O) groups is 2. The summed E-state index contributed by atoms with van der Waals surface area (Å²) in [5, 5.41) is 0. The van der Waals surface area contributed by atoms with Gasteiger partial charge in [0.15, 0.2) is 0 Å². The van der Waals surface area contributed by atoms with E-state index < -0.39 is 17.8 Å². The van der Waals surface area contributed by atoms with Crippen LogP contribution in [-0.4, -0.2) is 32.3 Å². The van der Waals surface area contributed by atoms with E-state index in [9.17, 15) is 14.0 Å². The van der Waals surface area contributed by atoms with E-state index in [1.54, 1.807) is 12.1 Å². The van der Waals surface area contributed by atoms with Gasteiger partial charge in [-0.05, 0) is 42.5 Å². The molecule has 0 fully saturated rings. The molecule has 0 heterocycles. The lowest BCUT2D eigenvalue weighted by Gasteiger charge is -2.07.